The van der Waals surface area contributed by atoms with Crippen molar-refractivity contribution < 1.29 is 9.59 Å². The van der Waals surface area contributed by atoms with Crippen LogP contribution in [0.5, 0.6) is 0 Å². The van der Waals surface area contributed by atoms with Gasteiger partial charge in [-0.3, -0.25) is 14.6 Å². The van der Waals surface area contributed by atoms with E-state index in [0.717, 1.165) is 5.56 Å². The highest BCUT2D eigenvalue weighted by Gasteiger charge is 2.12. The molecule has 1 aromatic carbocycles. The predicted molar refractivity (Wildman–Crippen MR) is 62.3 cm³/mol. The van der Waals surface area contributed by atoms with Gasteiger partial charge in [-0.2, -0.15) is 0 Å². The molecule has 0 aromatic heterocycles. The largest absolute Gasteiger partial charge is 0.298 e. The van der Waals surface area contributed by atoms with Crippen LogP contribution in [-0.4, -0.2) is 31.3 Å². The number of amides is 1. The standard InChI is InChI=1S/C12H14N2O2/c1-13-14(2)12(16)11(9-15)8-10-6-4-3-5-7-10/h3-9,13H,1-2H3. The summed E-state index contributed by atoms with van der Waals surface area (Å²) in [5, 5.41) is 1.25. The third kappa shape index (κ3) is 3.03. The molecule has 0 saturated heterocycles. The molecule has 0 atom stereocenters. The number of carbonyl (C=O) groups excluding carboxylic acids is 2. The summed E-state index contributed by atoms with van der Waals surface area (Å²) < 4.78 is 0. The van der Waals surface area contributed by atoms with Crippen molar-refractivity contribution in [2.75, 3.05) is 14.1 Å². The Kier molecular flexibility index (Phi) is 4.42. The van der Waals surface area contributed by atoms with Crippen molar-refractivity contribution in [3.8, 4) is 0 Å². The molecule has 0 unspecified atom stereocenters. The van der Waals surface area contributed by atoms with E-state index in [0.29, 0.717) is 6.29 Å². The van der Waals surface area contributed by atoms with Gasteiger partial charge in [0, 0.05) is 14.1 Å². The van der Waals surface area contributed by atoms with Crippen molar-refractivity contribution in [1.29, 1.82) is 0 Å². The number of hydrazine groups is 1. The lowest BCUT2D eigenvalue weighted by molar-refractivity contribution is -0.129. The van der Waals surface area contributed by atoms with Gasteiger partial charge in [-0.05, 0) is 11.6 Å². The van der Waals surface area contributed by atoms with Crippen LogP contribution in [0.1, 0.15) is 5.56 Å². The van der Waals surface area contributed by atoms with Gasteiger partial charge in [0.1, 0.15) is 0 Å². The van der Waals surface area contributed by atoms with Gasteiger partial charge in [-0.25, -0.2) is 5.43 Å². The number of hydrogen-bond acceptors (Lipinski definition) is 3. The van der Waals surface area contributed by atoms with Gasteiger partial charge in [-0.1, -0.05) is 30.3 Å². The van der Waals surface area contributed by atoms with Crippen LogP contribution in [0.15, 0.2) is 35.9 Å². The number of likely N-dealkylation sites (N-methyl/N-ethyl adjacent to an activating group) is 1. The number of rotatable bonds is 4. The fraction of sp³-hybridized carbons (Fsp3) is 0.167. The Bertz CT molecular complexity index is 399. The number of carbonyl (C=O) groups is 2. The van der Waals surface area contributed by atoms with Gasteiger partial charge in [0.25, 0.3) is 5.91 Å². The van der Waals surface area contributed by atoms with Gasteiger partial charge in [-0.15, -0.1) is 0 Å². The van der Waals surface area contributed by atoms with Gasteiger partial charge < -0.3 is 0 Å². The Morgan fingerprint density at radius 3 is 2.44 bits per heavy atom. The molecule has 1 rings (SSSR count). The Balaban J connectivity index is 2.95. The lowest BCUT2D eigenvalue weighted by atomic mass is 10.1. The van der Waals surface area contributed by atoms with Crippen molar-refractivity contribution >= 4 is 18.3 Å². The van der Waals surface area contributed by atoms with E-state index in [2.05, 4.69) is 5.43 Å². The summed E-state index contributed by atoms with van der Waals surface area (Å²) in [6, 6.07) is 9.23. The summed E-state index contributed by atoms with van der Waals surface area (Å²) >= 11 is 0. The highest BCUT2D eigenvalue weighted by Crippen LogP contribution is 2.06. The smallest absolute Gasteiger partial charge is 0.271 e. The van der Waals surface area contributed by atoms with E-state index >= 15 is 0 Å². The summed E-state index contributed by atoms with van der Waals surface area (Å²) in [5.41, 5.74) is 3.58. The van der Waals surface area contributed by atoms with Crippen molar-refractivity contribution in [1.82, 2.24) is 10.4 Å². The van der Waals surface area contributed by atoms with Crippen LogP contribution in [0, 0.1) is 0 Å². The normalized spacial score (nSPS) is 11.0. The van der Waals surface area contributed by atoms with Crippen LogP contribution in [-0.2, 0) is 9.59 Å². The van der Waals surface area contributed by atoms with Gasteiger partial charge in [0.05, 0.1) is 5.57 Å². The molecule has 1 N–H and O–H groups in total. The molecular weight excluding hydrogens is 204 g/mol. The van der Waals surface area contributed by atoms with E-state index < -0.39 is 0 Å². The van der Waals surface area contributed by atoms with Gasteiger partial charge in [0.15, 0.2) is 6.29 Å². The maximum atomic E-state index is 11.7. The molecule has 0 spiro atoms. The van der Waals surface area contributed by atoms with E-state index in [9.17, 15) is 9.59 Å². The summed E-state index contributed by atoms with van der Waals surface area (Å²) in [7, 11) is 3.17. The Hall–Kier alpha value is -1.94. The first kappa shape index (κ1) is 12.1. The number of benzene rings is 1. The molecule has 1 aromatic rings. The summed E-state index contributed by atoms with van der Waals surface area (Å²) in [5.74, 6) is -0.360. The molecule has 0 aliphatic rings. The van der Waals surface area contributed by atoms with Crippen LogP contribution in [0.3, 0.4) is 0 Å². The van der Waals surface area contributed by atoms with Gasteiger partial charge in [0.2, 0.25) is 0 Å². The molecule has 0 fully saturated rings. The molecule has 4 nitrogen and oxygen atoms in total. The second-order valence-electron chi connectivity index (χ2n) is 3.22. The Labute approximate surface area is 94.5 Å². The van der Waals surface area contributed by atoms with Crippen LogP contribution < -0.4 is 5.43 Å². The molecule has 84 valence electrons. The molecule has 1 amide bonds. The number of nitrogens with one attached hydrogen (secondary N) is 1. The van der Waals surface area contributed by atoms with Crippen molar-refractivity contribution in [3.05, 3.63) is 41.5 Å². The average molecular weight is 218 g/mol. The first-order chi connectivity index (χ1) is 7.69. The summed E-state index contributed by atoms with van der Waals surface area (Å²) in [4.78, 5) is 22.5. The monoisotopic (exact) mass is 218 g/mol. The molecule has 0 heterocycles. The molecule has 0 aliphatic heterocycles. The quantitative estimate of drug-likeness (QED) is 0.268. The molecule has 4 heteroatoms. The SMILES string of the molecule is CNN(C)C(=O)C(C=O)=Cc1ccccc1. The fourth-order valence-corrected chi connectivity index (χ4v) is 1.17. The van der Waals surface area contributed by atoms with Crippen LogP contribution >= 0.6 is 0 Å². The molecule has 0 saturated carbocycles. The minimum Gasteiger partial charge on any atom is -0.298 e. The third-order valence-electron chi connectivity index (χ3n) is 2.14. The maximum absolute atomic E-state index is 11.7. The van der Waals surface area contributed by atoms with E-state index in [-0.39, 0.29) is 11.5 Å². The van der Waals surface area contributed by atoms with E-state index in [4.69, 9.17) is 0 Å². The number of nitrogens with zero attached hydrogens (tertiary/aromatic N) is 1. The second kappa shape index (κ2) is 5.82. The Morgan fingerprint density at radius 1 is 1.31 bits per heavy atom. The predicted octanol–water partition coefficient (Wildman–Crippen LogP) is 0.862. The molecule has 0 bridgehead atoms. The molecular formula is C12H14N2O2. The zero-order chi connectivity index (χ0) is 12.0. The first-order valence-electron chi connectivity index (χ1n) is 4.86. The summed E-state index contributed by atoms with van der Waals surface area (Å²) in [6.07, 6.45) is 2.12. The molecule has 0 radical (unpaired) electrons. The van der Waals surface area contributed by atoms with Crippen LogP contribution in [0.25, 0.3) is 6.08 Å². The van der Waals surface area contributed by atoms with Crippen LogP contribution in [0.2, 0.25) is 0 Å². The van der Waals surface area contributed by atoms with Crippen molar-refractivity contribution in [2.45, 2.75) is 0 Å². The van der Waals surface area contributed by atoms with Crippen molar-refractivity contribution in [2.24, 2.45) is 0 Å². The van der Waals surface area contributed by atoms with Crippen LogP contribution in [0.4, 0.5) is 0 Å². The highest BCUT2D eigenvalue weighted by atomic mass is 16.2. The van der Waals surface area contributed by atoms with E-state index in [1.54, 1.807) is 20.2 Å². The van der Waals surface area contributed by atoms with E-state index in [1.807, 2.05) is 30.3 Å². The van der Waals surface area contributed by atoms with E-state index in [1.165, 1.54) is 5.01 Å². The minimum atomic E-state index is -0.360. The average Bonchev–Trinajstić information content (AvgIpc) is 2.35. The third-order valence-corrected chi connectivity index (χ3v) is 2.14. The molecule has 16 heavy (non-hydrogen) atoms. The van der Waals surface area contributed by atoms with Crippen molar-refractivity contribution in [3.63, 3.8) is 0 Å². The first-order valence-corrected chi connectivity index (χ1v) is 4.86. The topological polar surface area (TPSA) is 49.4 Å². The second-order valence-corrected chi connectivity index (χ2v) is 3.22. The zero-order valence-electron chi connectivity index (χ0n) is 9.31. The lowest BCUT2D eigenvalue weighted by Crippen LogP contribution is -2.37. The number of hydrogen-bond donors (Lipinski definition) is 1. The zero-order valence-corrected chi connectivity index (χ0v) is 9.31. The summed E-state index contributed by atoms with van der Waals surface area (Å²) in [6.45, 7) is 0. The maximum Gasteiger partial charge on any atom is 0.271 e. The van der Waals surface area contributed by atoms with Gasteiger partial charge >= 0.3 is 0 Å². The number of aldehydes is 1. The Morgan fingerprint density at radius 2 is 1.94 bits per heavy atom. The highest BCUT2D eigenvalue weighted by molar-refractivity contribution is 6.14. The minimum absolute atomic E-state index is 0.114. The fourth-order valence-electron chi connectivity index (χ4n) is 1.17. The lowest BCUT2D eigenvalue weighted by Gasteiger charge is -2.14. The molecule has 0 aliphatic carbocycles.